The Morgan fingerprint density at radius 1 is 0.594 bits per heavy atom. The van der Waals surface area contributed by atoms with Crippen LogP contribution in [0.1, 0.15) is 57.4 Å². The van der Waals surface area contributed by atoms with Gasteiger partial charge < -0.3 is 17.1 Å². The smallest absolute Gasteiger partial charge is 0.315 e. The maximum absolute atomic E-state index is 7.11. The van der Waals surface area contributed by atoms with Crippen LogP contribution in [0.5, 0.6) is 0 Å². The lowest BCUT2D eigenvalue weighted by Gasteiger charge is -2.45. The first-order chi connectivity index (χ1) is 12.0. The molecule has 0 aromatic heterocycles. The van der Waals surface area contributed by atoms with Crippen molar-refractivity contribution < 1.29 is 17.1 Å². The Labute approximate surface area is 212 Å². The van der Waals surface area contributed by atoms with Crippen molar-refractivity contribution in [2.75, 3.05) is 13.7 Å². The summed E-state index contributed by atoms with van der Waals surface area (Å²) < 4.78 is 25.9. The second-order valence-electron chi connectivity index (χ2n) is 10.7. The molecule has 0 saturated heterocycles. The van der Waals surface area contributed by atoms with Crippen LogP contribution < -0.4 is 0 Å². The fraction of sp³-hybridized carbons (Fsp3) is 1.00. The van der Waals surface area contributed by atoms with Gasteiger partial charge in [-0.1, -0.05) is 70.6 Å². The van der Waals surface area contributed by atoms with Gasteiger partial charge in [-0.3, -0.25) is 0 Å². The molecule has 4 nitrogen and oxygen atoms in total. The zero-order valence-electron chi connectivity index (χ0n) is 20.4. The Bertz CT molecular complexity index is 443. The first-order valence-electron chi connectivity index (χ1n) is 10.6. The molecule has 32 heavy (non-hydrogen) atoms. The summed E-state index contributed by atoms with van der Waals surface area (Å²) >= 11 is 0. The molecule has 0 aliphatic heterocycles. The van der Waals surface area contributed by atoms with Crippen molar-refractivity contribution in [3.8, 4) is 0 Å². The van der Waals surface area contributed by atoms with Crippen molar-refractivity contribution in [2.45, 2.75) is 140 Å². The highest BCUT2D eigenvalue weighted by Crippen LogP contribution is 2.33. The second kappa shape index (κ2) is 18.2. The molecule has 0 heterocycles. The van der Waals surface area contributed by atoms with Crippen molar-refractivity contribution >= 4 is 41.8 Å². The lowest BCUT2D eigenvalue weighted by atomic mass is 10.5. The average molecular weight is 549 g/mol. The second-order valence-corrected chi connectivity index (χ2v) is 33.2. The van der Waals surface area contributed by atoms with E-state index in [1.54, 1.807) is 7.11 Å². The van der Waals surface area contributed by atoms with Crippen LogP contribution in [0.15, 0.2) is 0 Å². The molecule has 3 unspecified atom stereocenters. The van der Waals surface area contributed by atoms with Crippen molar-refractivity contribution in [3.05, 3.63) is 0 Å². The summed E-state index contributed by atoms with van der Waals surface area (Å²) in [6.07, 6.45) is 1.09. The minimum absolute atomic E-state index is 0. The van der Waals surface area contributed by atoms with Crippen LogP contribution in [0.4, 0.5) is 0 Å². The van der Waals surface area contributed by atoms with Gasteiger partial charge in [0, 0.05) is 21.8 Å². The Morgan fingerprint density at radius 3 is 1.31 bits per heavy atom. The van der Waals surface area contributed by atoms with Gasteiger partial charge >= 0.3 is 17.1 Å². The summed E-state index contributed by atoms with van der Waals surface area (Å²) in [5, 5.41) is 0. The summed E-state index contributed by atoms with van der Waals surface area (Å²) in [6.45, 7) is 26.4. The molecule has 9 heteroatoms. The molecule has 204 valence electrons. The predicted octanol–water partition coefficient (Wildman–Crippen LogP) is 9.72. The zero-order valence-corrected chi connectivity index (χ0v) is 25.4. The third-order valence-corrected chi connectivity index (χ3v) is 27.2. The maximum Gasteiger partial charge on any atom is 0.315 e. The molecule has 0 rings (SSSR count). The molecule has 0 radical (unpaired) electrons. The molecule has 0 aromatic rings. The van der Waals surface area contributed by atoms with Crippen molar-refractivity contribution in [2.24, 2.45) is 0 Å². The molecule has 0 aromatic carbocycles. The highest BCUT2D eigenvalue weighted by molar-refractivity contribution is 6.96. The zero-order chi connectivity index (χ0) is 21.6. The standard InChI is InChI=1S/C18H48O4Si5.5CH4/c1-13-26(11,20-24(7,8)9)22-27(12,14-2)21-25(10,17-15-16-19-3)18-23(4,5)6;;;;;/h13-18H2,1-12H3;5*1H4. The van der Waals surface area contributed by atoms with E-state index in [4.69, 9.17) is 17.1 Å². The van der Waals surface area contributed by atoms with Crippen molar-refractivity contribution in [3.63, 3.8) is 0 Å². The summed E-state index contributed by atoms with van der Waals surface area (Å²) in [5.41, 5.74) is 1.29. The van der Waals surface area contributed by atoms with Gasteiger partial charge in [0.1, 0.15) is 0 Å². The first-order valence-corrected chi connectivity index (χ1v) is 25.6. The number of hydrogen-bond donors (Lipinski definition) is 0. The molecule has 0 saturated carbocycles. The van der Waals surface area contributed by atoms with E-state index in [1.807, 2.05) is 0 Å². The lowest BCUT2D eigenvalue weighted by molar-refractivity contribution is 0.197. The molecule has 0 bridgehead atoms. The maximum atomic E-state index is 7.11. The van der Waals surface area contributed by atoms with E-state index < -0.39 is 41.8 Å². The van der Waals surface area contributed by atoms with Crippen molar-refractivity contribution in [1.82, 2.24) is 0 Å². The molecular formula is C23H68O4Si5. The van der Waals surface area contributed by atoms with Gasteiger partial charge in [-0.2, -0.15) is 0 Å². The van der Waals surface area contributed by atoms with Crippen LogP contribution >= 0.6 is 0 Å². The number of rotatable bonds is 14. The Morgan fingerprint density at radius 2 is 1.00 bits per heavy atom. The molecule has 0 amide bonds. The SMILES string of the molecule is C.C.C.C.C.CC[Si](C)(O[Si](C)(C)C)O[Si](C)(CC)O[Si](C)(CCCOC)C[Si](C)(C)C. The Balaban J connectivity index is -0.000000338. The third-order valence-electron chi connectivity index (χ3n) is 4.66. The first kappa shape index (κ1) is 46.3. The molecule has 0 aliphatic rings. The lowest BCUT2D eigenvalue weighted by Crippen LogP contribution is -2.59. The minimum Gasteiger partial charge on any atom is -0.437 e. The number of hydrogen-bond acceptors (Lipinski definition) is 4. The quantitative estimate of drug-likeness (QED) is 0.160. The van der Waals surface area contributed by atoms with Gasteiger partial charge in [0.25, 0.3) is 0 Å². The van der Waals surface area contributed by atoms with Gasteiger partial charge in [-0.15, -0.1) is 0 Å². The van der Waals surface area contributed by atoms with Crippen LogP contribution in [0.3, 0.4) is 0 Å². The third kappa shape index (κ3) is 20.3. The number of methoxy groups -OCH3 is 1. The van der Waals surface area contributed by atoms with Crippen LogP contribution in [0.25, 0.3) is 0 Å². The van der Waals surface area contributed by atoms with E-state index in [9.17, 15) is 0 Å². The average Bonchev–Trinajstić information content (AvgIpc) is 2.43. The van der Waals surface area contributed by atoms with Crippen LogP contribution in [0, 0.1) is 0 Å². The van der Waals surface area contributed by atoms with Crippen LogP contribution in [-0.4, -0.2) is 55.5 Å². The monoisotopic (exact) mass is 548 g/mol. The van der Waals surface area contributed by atoms with Gasteiger partial charge in [-0.05, 0) is 69.5 Å². The molecule has 0 N–H and O–H groups in total. The topological polar surface area (TPSA) is 36.9 Å². The van der Waals surface area contributed by atoms with E-state index in [0.29, 0.717) is 0 Å². The normalized spacial score (nSPS) is 16.9. The van der Waals surface area contributed by atoms with E-state index in [2.05, 4.69) is 72.8 Å². The molecule has 3 atom stereocenters. The van der Waals surface area contributed by atoms with Gasteiger partial charge in [0.15, 0.2) is 16.6 Å². The fourth-order valence-electron chi connectivity index (χ4n) is 3.84. The van der Waals surface area contributed by atoms with Gasteiger partial charge in [0.05, 0.1) is 0 Å². The Kier molecular flexibility index (Phi) is 26.4. The summed E-state index contributed by atoms with van der Waals surface area (Å²) in [7, 11) is -7.41. The summed E-state index contributed by atoms with van der Waals surface area (Å²) in [5.74, 6) is 0. The van der Waals surface area contributed by atoms with Crippen molar-refractivity contribution in [1.29, 1.82) is 0 Å². The summed E-state index contributed by atoms with van der Waals surface area (Å²) in [4.78, 5) is 0. The van der Waals surface area contributed by atoms with Gasteiger partial charge in [0.2, 0.25) is 0 Å². The largest absolute Gasteiger partial charge is 0.437 e. The molecule has 0 aliphatic carbocycles. The van der Waals surface area contributed by atoms with E-state index >= 15 is 0 Å². The van der Waals surface area contributed by atoms with Crippen LogP contribution in [0.2, 0.25) is 82.7 Å². The Hall–Kier alpha value is 0.924. The predicted molar refractivity (Wildman–Crippen MR) is 166 cm³/mol. The van der Waals surface area contributed by atoms with Gasteiger partial charge in [-0.25, -0.2) is 0 Å². The minimum atomic E-state index is -2.27. The molecule has 0 fully saturated rings. The van der Waals surface area contributed by atoms with E-state index in [0.717, 1.165) is 31.2 Å². The molecular weight excluding hydrogens is 481 g/mol. The number of ether oxygens (including phenoxy) is 1. The fourth-order valence-corrected chi connectivity index (χ4v) is 32.2. The van der Waals surface area contributed by atoms with E-state index in [1.165, 1.54) is 5.67 Å². The highest BCUT2D eigenvalue weighted by Gasteiger charge is 2.47. The molecule has 0 spiro atoms. The summed E-state index contributed by atoms with van der Waals surface area (Å²) in [6, 6.07) is 3.14. The van der Waals surface area contributed by atoms with E-state index in [-0.39, 0.29) is 37.1 Å². The highest BCUT2D eigenvalue weighted by atomic mass is 28.5. The van der Waals surface area contributed by atoms with Crippen LogP contribution in [-0.2, 0) is 17.1 Å².